The Hall–Kier alpha value is -0.610. The number of ether oxygens (including phenoxy) is 1. The Labute approximate surface area is 86.1 Å². The van der Waals surface area contributed by atoms with Crippen LogP contribution in [0.1, 0.15) is 0 Å². The molecule has 0 aliphatic heterocycles. The molecular weight excluding hydrogens is 249 g/mol. The van der Waals surface area contributed by atoms with E-state index in [0.717, 1.165) is 5.32 Å². The van der Waals surface area contributed by atoms with E-state index in [4.69, 9.17) is 0 Å². The molecule has 0 saturated carbocycles. The highest BCUT2D eigenvalue weighted by Crippen LogP contribution is 2.15. The third-order valence-electron chi connectivity index (χ3n) is 1.28. The lowest BCUT2D eigenvalue weighted by molar-refractivity contribution is -0.326. The summed E-state index contributed by atoms with van der Waals surface area (Å²) in [4.78, 5) is 0. The summed E-state index contributed by atoms with van der Waals surface area (Å²) in [6, 6.07) is 0. The van der Waals surface area contributed by atoms with Gasteiger partial charge >= 0.3 is 12.7 Å². The number of nitrogens with zero attached hydrogens (tertiary/aromatic N) is 1. The molecular formula is C6H9F7N2O. The average molecular weight is 258 g/mol. The summed E-state index contributed by atoms with van der Waals surface area (Å²) in [7, 11) is 0. The maximum Gasteiger partial charge on any atom is 0.522 e. The van der Waals surface area contributed by atoms with Crippen LogP contribution in [0, 0.1) is 0 Å². The largest absolute Gasteiger partial charge is 0.522 e. The molecule has 98 valence electrons. The SMILES string of the molecule is FN(CCNC(F)(F)F)CCOC(F)(F)F. The van der Waals surface area contributed by atoms with Crippen LogP contribution in [0.5, 0.6) is 0 Å². The molecule has 0 aliphatic carbocycles. The van der Waals surface area contributed by atoms with Gasteiger partial charge < -0.3 is 0 Å². The van der Waals surface area contributed by atoms with Gasteiger partial charge in [-0.05, 0) is 0 Å². The van der Waals surface area contributed by atoms with Gasteiger partial charge in [0.1, 0.15) is 0 Å². The van der Waals surface area contributed by atoms with Crippen molar-refractivity contribution in [2.45, 2.75) is 12.7 Å². The highest BCUT2D eigenvalue weighted by Gasteiger charge is 2.29. The summed E-state index contributed by atoms with van der Waals surface area (Å²) < 4.78 is 84.4. The second kappa shape index (κ2) is 6.21. The standard InChI is InChI=1S/C6H9F7N2O/c7-5(8,9)14-1-2-15(13)3-4-16-6(10,11)12/h14H,1-4H2. The molecule has 0 bridgehead atoms. The Morgan fingerprint density at radius 1 is 1.00 bits per heavy atom. The first-order chi connectivity index (χ1) is 7.10. The van der Waals surface area contributed by atoms with Gasteiger partial charge in [-0.1, -0.05) is 0 Å². The molecule has 10 heteroatoms. The number of rotatable bonds is 6. The van der Waals surface area contributed by atoms with E-state index in [9.17, 15) is 30.8 Å². The van der Waals surface area contributed by atoms with E-state index in [1.165, 1.54) is 0 Å². The fourth-order valence-electron chi connectivity index (χ4n) is 0.691. The molecule has 0 aliphatic rings. The molecule has 0 saturated heterocycles. The van der Waals surface area contributed by atoms with Gasteiger partial charge in [0.2, 0.25) is 0 Å². The van der Waals surface area contributed by atoms with E-state index in [1.807, 2.05) is 0 Å². The number of hydrogen-bond acceptors (Lipinski definition) is 3. The molecule has 0 spiro atoms. The molecule has 0 rings (SSSR count). The monoisotopic (exact) mass is 258 g/mol. The average Bonchev–Trinajstić information content (AvgIpc) is 1.98. The maximum atomic E-state index is 12.5. The van der Waals surface area contributed by atoms with Gasteiger partial charge in [-0.15, -0.1) is 22.8 Å². The summed E-state index contributed by atoms with van der Waals surface area (Å²) in [5, 5.41) is 0.811. The molecule has 0 amide bonds. The van der Waals surface area contributed by atoms with E-state index in [1.54, 1.807) is 0 Å². The molecule has 0 fully saturated rings. The molecule has 0 aromatic carbocycles. The minimum atomic E-state index is -4.87. The molecule has 16 heavy (non-hydrogen) atoms. The number of alkyl halides is 6. The first kappa shape index (κ1) is 15.4. The number of halogens is 7. The zero-order chi connectivity index (χ0) is 12.8. The molecule has 0 radical (unpaired) electrons. The molecule has 0 unspecified atom stereocenters. The molecule has 0 heterocycles. The Balaban J connectivity index is 3.49. The third-order valence-corrected chi connectivity index (χ3v) is 1.28. The minimum Gasteiger partial charge on any atom is -0.290 e. The predicted molar refractivity (Wildman–Crippen MR) is 38.7 cm³/mol. The summed E-state index contributed by atoms with van der Waals surface area (Å²) in [6.07, 6.45) is -9.51. The van der Waals surface area contributed by atoms with Crippen LogP contribution in [0.25, 0.3) is 0 Å². The fraction of sp³-hybridized carbons (Fsp3) is 1.00. The van der Waals surface area contributed by atoms with Crippen LogP contribution in [0.2, 0.25) is 0 Å². The lowest BCUT2D eigenvalue weighted by Crippen LogP contribution is -2.37. The summed E-state index contributed by atoms with van der Waals surface area (Å²) in [5.74, 6) is 0. The molecule has 0 aromatic heterocycles. The van der Waals surface area contributed by atoms with Gasteiger partial charge in [0.05, 0.1) is 13.2 Å². The smallest absolute Gasteiger partial charge is 0.290 e. The van der Waals surface area contributed by atoms with Crippen LogP contribution in [0.3, 0.4) is 0 Å². The summed E-state index contributed by atoms with van der Waals surface area (Å²) in [6.45, 7) is -3.20. The first-order valence-corrected chi connectivity index (χ1v) is 4.03. The van der Waals surface area contributed by atoms with Gasteiger partial charge in [0.15, 0.2) is 0 Å². The van der Waals surface area contributed by atoms with Crippen molar-refractivity contribution in [3.8, 4) is 0 Å². The lowest BCUT2D eigenvalue weighted by Gasteiger charge is -2.14. The van der Waals surface area contributed by atoms with Crippen LogP contribution in [0.15, 0.2) is 0 Å². The van der Waals surface area contributed by atoms with Crippen LogP contribution < -0.4 is 5.32 Å². The zero-order valence-electron chi connectivity index (χ0n) is 7.83. The Morgan fingerprint density at radius 3 is 2.00 bits per heavy atom. The molecule has 0 atom stereocenters. The zero-order valence-corrected chi connectivity index (χ0v) is 7.83. The Bertz CT molecular complexity index is 172. The van der Waals surface area contributed by atoms with E-state index >= 15 is 0 Å². The van der Waals surface area contributed by atoms with Gasteiger partial charge in [-0.2, -0.15) is 13.2 Å². The van der Waals surface area contributed by atoms with E-state index in [0.29, 0.717) is 0 Å². The normalized spacial score (nSPS) is 13.5. The van der Waals surface area contributed by atoms with Crippen molar-refractivity contribution < 1.29 is 35.6 Å². The maximum absolute atomic E-state index is 12.5. The number of hydrogen-bond donors (Lipinski definition) is 1. The fourth-order valence-corrected chi connectivity index (χ4v) is 0.691. The summed E-state index contributed by atoms with van der Waals surface area (Å²) in [5.41, 5.74) is 0. The van der Waals surface area contributed by atoms with Crippen molar-refractivity contribution in [1.82, 2.24) is 10.4 Å². The van der Waals surface area contributed by atoms with E-state index < -0.39 is 38.9 Å². The van der Waals surface area contributed by atoms with Crippen LogP contribution >= 0.6 is 0 Å². The lowest BCUT2D eigenvalue weighted by atomic mass is 10.5. The van der Waals surface area contributed by atoms with Crippen LogP contribution in [-0.2, 0) is 4.74 Å². The van der Waals surface area contributed by atoms with Crippen molar-refractivity contribution in [3.63, 3.8) is 0 Å². The van der Waals surface area contributed by atoms with E-state index in [2.05, 4.69) is 4.74 Å². The second-order valence-corrected chi connectivity index (χ2v) is 2.63. The third kappa shape index (κ3) is 11.5. The first-order valence-electron chi connectivity index (χ1n) is 4.03. The van der Waals surface area contributed by atoms with Gasteiger partial charge in [-0.25, -0.2) is 5.32 Å². The molecule has 3 nitrogen and oxygen atoms in total. The van der Waals surface area contributed by atoms with Crippen molar-refractivity contribution in [2.24, 2.45) is 0 Å². The van der Waals surface area contributed by atoms with Crippen molar-refractivity contribution >= 4 is 0 Å². The quantitative estimate of drug-likeness (QED) is 0.447. The minimum absolute atomic E-state index is 0.204. The van der Waals surface area contributed by atoms with E-state index in [-0.39, 0.29) is 5.12 Å². The van der Waals surface area contributed by atoms with Gasteiger partial charge in [0.25, 0.3) is 0 Å². The Morgan fingerprint density at radius 2 is 1.56 bits per heavy atom. The molecule has 1 N–H and O–H groups in total. The Kier molecular flexibility index (Phi) is 5.97. The predicted octanol–water partition coefficient (Wildman–Crippen LogP) is 1.82. The van der Waals surface area contributed by atoms with Crippen molar-refractivity contribution in [2.75, 3.05) is 26.2 Å². The van der Waals surface area contributed by atoms with Crippen molar-refractivity contribution in [1.29, 1.82) is 0 Å². The molecule has 0 aromatic rings. The van der Waals surface area contributed by atoms with Gasteiger partial charge in [0, 0.05) is 13.1 Å². The van der Waals surface area contributed by atoms with Crippen LogP contribution in [0.4, 0.5) is 30.8 Å². The second-order valence-electron chi connectivity index (χ2n) is 2.63. The van der Waals surface area contributed by atoms with Crippen molar-refractivity contribution in [3.05, 3.63) is 0 Å². The summed E-state index contributed by atoms with van der Waals surface area (Å²) >= 11 is 0. The highest BCUT2D eigenvalue weighted by atomic mass is 19.4. The topological polar surface area (TPSA) is 24.5 Å². The van der Waals surface area contributed by atoms with Crippen LogP contribution in [-0.4, -0.2) is 44.0 Å². The van der Waals surface area contributed by atoms with Gasteiger partial charge in [-0.3, -0.25) is 4.74 Å². The highest BCUT2D eigenvalue weighted by molar-refractivity contribution is 4.52. The number of nitrogens with one attached hydrogen (secondary N) is 1.